The number of carbonyl (C=O) groups is 1. The molecule has 0 bridgehead atoms. The minimum Gasteiger partial charge on any atom is -0.457 e. The van der Waals surface area contributed by atoms with E-state index in [0.717, 1.165) is 15.2 Å². The average molecular weight is 393 g/mol. The fraction of sp³-hybridized carbons (Fsp3) is 0.100. The van der Waals surface area contributed by atoms with Gasteiger partial charge in [0.05, 0.1) is 21.7 Å². The quantitative estimate of drug-likeness (QED) is 0.391. The monoisotopic (exact) mass is 393 g/mol. The second-order valence-electron chi connectivity index (χ2n) is 6.19. The molecule has 1 N–H and O–H groups in total. The number of benzene rings is 2. The van der Waals surface area contributed by atoms with E-state index in [1.807, 2.05) is 30.3 Å². The molecule has 0 aliphatic carbocycles. The minimum absolute atomic E-state index is 0.0111. The first-order valence-corrected chi connectivity index (χ1v) is 9.31. The van der Waals surface area contributed by atoms with Crippen LogP contribution in [0, 0.1) is 17.0 Å². The number of aryl methyl sites for hydroxylation is 1. The lowest BCUT2D eigenvalue weighted by atomic mass is 10.1. The Morgan fingerprint density at radius 3 is 2.79 bits per heavy atom. The smallest absolute Gasteiger partial charge is 0.272 e. The third kappa shape index (κ3) is 3.49. The number of hydrogen-bond acceptors (Lipinski definition) is 6. The van der Waals surface area contributed by atoms with Gasteiger partial charge in [-0.15, -0.1) is 11.3 Å². The molecule has 0 unspecified atom stereocenters. The lowest BCUT2D eigenvalue weighted by molar-refractivity contribution is -0.385. The van der Waals surface area contributed by atoms with Crippen LogP contribution < -0.4 is 5.32 Å². The van der Waals surface area contributed by atoms with Gasteiger partial charge in [0.2, 0.25) is 0 Å². The van der Waals surface area contributed by atoms with E-state index in [0.29, 0.717) is 22.6 Å². The third-order valence-electron chi connectivity index (χ3n) is 4.25. The Kier molecular flexibility index (Phi) is 4.62. The molecule has 2 heterocycles. The third-order valence-corrected chi connectivity index (χ3v) is 5.30. The summed E-state index contributed by atoms with van der Waals surface area (Å²) in [6, 6.07) is 15.8. The Labute approximate surface area is 163 Å². The molecule has 0 fully saturated rings. The topological polar surface area (TPSA) is 98.3 Å². The highest BCUT2D eigenvalue weighted by atomic mass is 32.1. The van der Waals surface area contributed by atoms with Gasteiger partial charge >= 0.3 is 0 Å². The number of hydrogen-bond donors (Lipinski definition) is 1. The van der Waals surface area contributed by atoms with E-state index in [4.69, 9.17) is 4.42 Å². The number of thiazole rings is 1. The Morgan fingerprint density at radius 1 is 1.21 bits per heavy atom. The Bertz CT molecular complexity index is 1160. The molecule has 0 saturated heterocycles. The summed E-state index contributed by atoms with van der Waals surface area (Å²) in [5, 5.41) is 14.4. The summed E-state index contributed by atoms with van der Waals surface area (Å²) >= 11 is 1.54. The van der Waals surface area contributed by atoms with Crippen LogP contribution in [-0.4, -0.2) is 15.8 Å². The van der Waals surface area contributed by atoms with Crippen LogP contribution in [0.25, 0.3) is 21.0 Å². The molecule has 4 rings (SSSR count). The summed E-state index contributed by atoms with van der Waals surface area (Å²) in [4.78, 5) is 27.3. The van der Waals surface area contributed by atoms with Gasteiger partial charge in [-0.2, -0.15) is 0 Å². The molecule has 8 heteroatoms. The van der Waals surface area contributed by atoms with Gasteiger partial charge in [-0.05, 0) is 43.3 Å². The number of carbonyl (C=O) groups excluding carboxylic acids is 1. The lowest BCUT2D eigenvalue weighted by Gasteiger charge is -2.05. The zero-order valence-electron chi connectivity index (χ0n) is 14.8. The molecule has 28 heavy (non-hydrogen) atoms. The van der Waals surface area contributed by atoms with Crippen molar-refractivity contribution >= 4 is 33.1 Å². The van der Waals surface area contributed by atoms with Crippen molar-refractivity contribution in [3.63, 3.8) is 0 Å². The summed E-state index contributed by atoms with van der Waals surface area (Å²) < 4.78 is 6.88. The van der Waals surface area contributed by atoms with E-state index in [-0.39, 0.29) is 18.1 Å². The SMILES string of the molecule is Cc1cc(C(=O)NCc2ccc(-c3nc4ccccc4s3)o2)ccc1[N+](=O)[O-]. The maximum atomic E-state index is 12.3. The predicted octanol–water partition coefficient (Wildman–Crippen LogP) is 4.70. The van der Waals surface area contributed by atoms with Crippen molar-refractivity contribution in [2.75, 3.05) is 0 Å². The standard InChI is InChI=1S/C20H15N3O4S/c1-12-10-13(6-8-16(12)23(25)26)19(24)21-11-14-7-9-17(27-14)20-22-15-4-2-3-5-18(15)28-20/h2-10H,11H2,1H3,(H,21,24). The zero-order chi connectivity index (χ0) is 19.7. The van der Waals surface area contributed by atoms with E-state index in [2.05, 4.69) is 10.3 Å². The lowest BCUT2D eigenvalue weighted by Crippen LogP contribution is -2.22. The molecule has 2 aromatic carbocycles. The van der Waals surface area contributed by atoms with Crippen LogP contribution in [0.4, 0.5) is 5.69 Å². The van der Waals surface area contributed by atoms with Gasteiger partial charge in [-0.1, -0.05) is 12.1 Å². The predicted molar refractivity (Wildman–Crippen MR) is 106 cm³/mol. The highest BCUT2D eigenvalue weighted by Crippen LogP contribution is 2.31. The molecule has 140 valence electrons. The molecular formula is C20H15N3O4S. The molecule has 7 nitrogen and oxygen atoms in total. The molecule has 0 aliphatic heterocycles. The van der Waals surface area contributed by atoms with E-state index in [9.17, 15) is 14.9 Å². The van der Waals surface area contributed by atoms with Crippen molar-refractivity contribution in [2.24, 2.45) is 0 Å². The van der Waals surface area contributed by atoms with E-state index >= 15 is 0 Å². The molecule has 4 aromatic rings. The van der Waals surface area contributed by atoms with Crippen LogP contribution in [-0.2, 0) is 6.54 Å². The number of amides is 1. The first-order chi connectivity index (χ1) is 13.5. The first kappa shape index (κ1) is 17.9. The van der Waals surface area contributed by atoms with E-state index in [1.54, 1.807) is 24.3 Å². The fourth-order valence-electron chi connectivity index (χ4n) is 2.84. The summed E-state index contributed by atoms with van der Waals surface area (Å²) in [5.41, 5.74) is 1.71. The molecule has 1 amide bonds. The van der Waals surface area contributed by atoms with Gasteiger partial charge in [0.15, 0.2) is 10.8 Å². The molecule has 0 aliphatic rings. The Balaban J connectivity index is 1.45. The van der Waals surface area contributed by atoms with Gasteiger partial charge in [0, 0.05) is 17.2 Å². The number of fused-ring (bicyclic) bond motifs is 1. The molecule has 0 radical (unpaired) electrons. The number of nitro groups is 1. The number of rotatable bonds is 5. The van der Waals surface area contributed by atoms with Crippen LogP contribution in [0.2, 0.25) is 0 Å². The van der Waals surface area contributed by atoms with Crippen molar-refractivity contribution in [3.05, 3.63) is 81.6 Å². The zero-order valence-corrected chi connectivity index (χ0v) is 15.7. The summed E-state index contributed by atoms with van der Waals surface area (Å²) in [6.45, 7) is 1.81. The molecule has 0 spiro atoms. The fourth-order valence-corrected chi connectivity index (χ4v) is 3.76. The summed E-state index contributed by atoms with van der Waals surface area (Å²) in [6.07, 6.45) is 0. The second-order valence-corrected chi connectivity index (χ2v) is 7.22. The maximum Gasteiger partial charge on any atom is 0.272 e. The molecule has 0 atom stereocenters. The van der Waals surface area contributed by atoms with Gasteiger partial charge in [-0.25, -0.2) is 4.98 Å². The van der Waals surface area contributed by atoms with Gasteiger partial charge < -0.3 is 9.73 Å². The number of furan rings is 1. The Morgan fingerprint density at radius 2 is 2.04 bits per heavy atom. The Hall–Kier alpha value is -3.52. The molecular weight excluding hydrogens is 378 g/mol. The van der Waals surface area contributed by atoms with Crippen molar-refractivity contribution in [1.29, 1.82) is 0 Å². The largest absolute Gasteiger partial charge is 0.457 e. The average Bonchev–Trinajstić information content (AvgIpc) is 3.32. The van der Waals surface area contributed by atoms with E-state index < -0.39 is 4.92 Å². The number of para-hydroxylation sites is 1. The van der Waals surface area contributed by atoms with Crippen LogP contribution >= 0.6 is 11.3 Å². The van der Waals surface area contributed by atoms with E-state index in [1.165, 1.54) is 18.2 Å². The van der Waals surface area contributed by atoms with Crippen molar-refractivity contribution in [3.8, 4) is 10.8 Å². The van der Waals surface area contributed by atoms with Crippen LogP contribution in [0.3, 0.4) is 0 Å². The number of nitrogens with zero attached hydrogens (tertiary/aromatic N) is 2. The highest BCUT2D eigenvalue weighted by Gasteiger charge is 2.15. The van der Waals surface area contributed by atoms with Gasteiger partial charge in [0.1, 0.15) is 5.76 Å². The van der Waals surface area contributed by atoms with Crippen molar-refractivity contribution in [1.82, 2.24) is 10.3 Å². The van der Waals surface area contributed by atoms with Crippen molar-refractivity contribution in [2.45, 2.75) is 13.5 Å². The van der Waals surface area contributed by atoms with Crippen LogP contribution in [0.5, 0.6) is 0 Å². The summed E-state index contributed by atoms with van der Waals surface area (Å²) in [5.74, 6) is 0.925. The van der Waals surface area contributed by atoms with Gasteiger partial charge in [0.25, 0.3) is 11.6 Å². The molecule has 2 aromatic heterocycles. The molecule has 0 saturated carbocycles. The highest BCUT2D eigenvalue weighted by molar-refractivity contribution is 7.21. The minimum atomic E-state index is -0.469. The normalized spacial score (nSPS) is 10.9. The number of aromatic nitrogens is 1. The maximum absolute atomic E-state index is 12.3. The number of nitro benzene ring substituents is 1. The van der Waals surface area contributed by atoms with Gasteiger partial charge in [-0.3, -0.25) is 14.9 Å². The van der Waals surface area contributed by atoms with Crippen LogP contribution in [0.1, 0.15) is 21.7 Å². The first-order valence-electron chi connectivity index (χ1n) is 8.49. The number of nitrogens with one attached hydrogen (secondary N) is 1. The summed E-state index contributed by atoms with van der Waals surface area (Å²) in [7, 11) is 0. The van der Waals surface area contributed by atoms with Crippen LogP contribution in [0.15, 0.2) is 59.0 Å². The second kappa shape index (κ2) is 7.24. The van der Waals surface area contributed by atoms with Crippen molar-refractivity contribution < 1.29 is 14.1 Å².